The van der Waals surface area contributed by atoms with Crippen LogP contribution in [0.1, 0.15) is 5.69 Å². The maximum absolute atomic E-state index is 14.3. The predicted molar refractivity (Wildman–Crippen MR) is 108 cm³/mol. The van der Waals surface area contributed by atoms with E-state index in [0.29, 0.717) is 11.4 Å². The van der Waals surface area contributed by atoms with E-state index in [1.807, 2.05) is 6.92 Å². The van der Waals surface area contributed by atoms with E-state index >= 15 is 0 Å². The molecule has 3 N–H and O–H groups in total. The molecule has 0 aliphatic carbocycles. The van der Waals surface area contributed by atoms with E-state index in [4.69, 9.17) is 4.74 Å². The number of methoxy groups -OCH3 is 1. The molecule has 0 radical (unpaired) electrons. The lowest BCUT2D eigenvalue weighted by Crippen LogP contribution is -2.12. The van der Waals surface area contributed by atoms with Crippen molar-refractivity contribution in [2.24, 2.45) is 7.05 Å². The SMILES string of the molecule is COc1ccc(Nc2nc(Nc3cn(C)nc3C)ncc2F)c(NS(C)(=O)=O)c1. The number of nitrogens with zero attached hydrogens (tertiary/aromatic N) is 4. The second-order valence-corrected chi connectivity index (χ2v) is 7.98. The molecule has 0 unspecified atom stereocenters. The number of rotatable bonds is 7. The molecule has 0 saturated carbocycles. The van der Waals surface area contributed by atoms with Gasteiger partial charge < -0.3 is 15.4 Å². The van der Waals surface area contributed by atoms with Crippen LogP contribution >= 0.6 is 0 Å². The van der Waals surface area contributed by atoms with Crippen LogP contribution in [-0.2, 0) is 17.1 Å². The predicted octanol–water partition coefficient (Wildman–Crippen LogP) is 2.52. The standard InChI is InChI=1S/C17H20FN7O3S/c1-10-15(9-25(2)23-10)21-17-19-8-12(18)16(22-17)20-13-6-5-11(28-3)7-14(13)24-29(4,26)27/h5-9,24H,1-4H3,(H2,19,20,21,22). The van der Waals surface area contributed by atoms with Crippen molar-refractivity contribution in [1.29, 1.82) is 0 Å². The summed E-state index contributed by atoms with van der Waals surface area (Å²) in [6, 6.07) is 4.62. The molecule has 2 aromatic heterocycles. The van der Waals surface area contributed by atoms with Gasteiger partial charge >= 0.3 is 0 Å². The number of aryl methyl sites for hydroxylation is 2. The van der Waals surface area contributed by atoms with Gasteiger partial charge in [0.2, 0.25) is 16.0 Å². The first kappa shape index (κ1) is 20.3. The van der Waals surface area contributed by atoms with Crippen molar-refractivity contribution in [3.63, 3.8) is 0 Å². The molecule has 0 aliphatic heterocycles. The normalized spacial score (nSPS) is 11.2. The Bertz CT molecular complexity index is 1150. The molecule has 0 saturated heterocycles. The van der Waals surface area contributed by atoms with E-state index in [9.17, 15) is 12.8 Å². The molecule has 0 amide bonds. The summed E-state index contributed by atoms with van der Waals surface area (Å²) < 4.78 is 46.7. The molecule has 0 aliphatic rings. The highest BCUT2D eigenvalue weighted by molar-refractivity contribution is 7.92. The lowest BCUT2D eigenvalue weighted by molar-refractivity contribution is 0.415. The number of anilines is 5. The third kappa shape index (κ3) is 5.10. The fourth-order valence-electron chi connectivity index (χ4n) is 2.53. The van der Waals surface area contributed by atoms with E-state index in [0.717, 1.165) is 18.1 Å². The lowest BCUT2D eigenvalue weighted by Gasteiger charge is -2.14. The minimum atomic E-state index is -3.57. The van der Waals surface area contributed by atoms with Gasteiger partial charge in [0.1, 0.15) is 5.75 Å². The summed E-state index contributed by atoms with van der Waals surface area (Å²) in [5.74, 6) is -0.263. The van der Waals surface area contributed by atoms with Gasteiger partial charge in [-0.2, -0.15) is 10.1 Å². The van der Waals surface area contributed by atoms with Crippen LogP contribution in [0.3, 0.4) is 0 Å². The average Bonchev–Trinajstić information content (AvgIpc) is 2.95. The molecule has 0 fully saturated rings. The summed E-state index contributed by atoms with van der Waals surface area (Å²) in [6.45, 7) is 1.81. The Balaban J connectivity index is 1.92. The first-order chi connectivity index (χ1) is 13.6. The van der Waals surface area contributed by atoms with Crippen LogP contribution in [0.15, 0.2) is 30.6 Å². The smallest absolute Gasteiger partial charge is 0.229 e. The van der Waals surface area contributed by atoms with Gasteiger partial charge in [-0.3, -0.25) is 9.40 Å². The number of halogens is 1. The van der Waals surface area contributed by atoms with E-state index in [2.05, 4.69) is 30.4 Å². The summed E-state index contributed by atoms with van der Waals surface area (Å²) in [6.07, 6.45) is 3.77. The minimum Gasteiger partial charge on any atom is -0.497 e. The number of sulfonamides is 1. The van der Waals surface area contributed by atoms with Crippen LogP contribution in [0.4, 0.5) is 33.2 Å². The molecule has 10 nitrogen and oxygen atoms in total. The average molecular weight is 421 g/mol. The summed E-state index contributed by atoms with van der Waals surface area (Å²) in [7, 11) is -0.344. The zero-order valence-electron chi connectivity index (χ0n) is 16.2. The van der Waals surface area contributed by atoms with Gasteiger partial charge in [-0.25, -0.2) is 17.8 Å². The fraction of sp³-hybridized carbons (Fsp3) is 0.235. The number of aromatic nitrogens is 4. The Morgan fingerprint density at radius 2 is 1.93 bits per heavy atom. The van der Waals surface area contributed by atoms with Crippen molar-refractivity contribution < 1.29 is 17.5 Å². The molecule has 12 heteroatoms. The number of hydrogen-bond donors (Lipinski definition) is 3. The Morgan fingerprint density at radius 3 is 2.55 bits per heavy atom. The molecule has 0 bridgehead atoms. The number of nitrogens with one attached hydrogen (secondary N) is 3. The highest BCUT2D eigenvalue weighted by Crippen LogP contribution is 2.31. The van der Waals surface area contributed by atoms with Crippen LogP contribution in [0.25, 0.3) is 0 Å². The van der Waals surface area contributed by atoms with E-state index in [-0.39, 0.29) is 23.1 Å². The van der Waals surface area contributed by atoms with Crippen LogP contribution in [-0.4, -0.2) is 41.5 Å². The monoisotopic (exact) mass is 421 g/mol. The van der Waals surface area contributed by atoms with Gasteiger partial charge in [0.15, 0.2) is 11.6 Å². The molecule has 0 atom stereocenters. The highest BCUT2D eigenvalue weighted by Gasteiger charge is 2.14. The zero-order chi connectivity index (χ0) is 21.2. The molecular formula is C17H20FN7O3S. The fourth-order valence-corrected chi connectivity index (χ4v) is 3.10. The van der Waals surface area contributed by atoms with Gasteiger partial charge in [-0.1, -0.05) is 0 Å². The Labute approximate surface area is 167 Å². The van der Waals surface area contributed by atoms with Gasteiger partial charge in [-0.15, -0.1) is 0 Å². The highest BCUT2D eigenvalue weighted by atomic mass is 32.2. The Hall–Kier alpha value is -3.41. The zero-order valence-corrected chi connectivity index (χ0v) is 17.0. The van der Waals surface area contributed by atoms with Crippen LogP contribution in [0, 0.1) is 12.7 Å². The number of ether oxygens (including phenoxy) is 1. The molecule has 1 aromatic carbocycles. The van der Waals surface area contributed by atoms with Crippen molar-refractivity contribution in [2.75, 3.05) is 28.7 Å². The summed E-state index contributed by atoms with van der Waals surface area (Å²) >= 11 is 0. The molecular weight excluding hydrogens is 401 g/mol. The summed E-state index contributed by atoms with van der Waals surface area (Å²) in [5, 5.41) is 9.97. The molecule has 29 heavy (non-hydrogen) atoms. The third-order valence-electron chi connectivity index (χ3n) is 3.78. The molecule has 3 rings (SSSR count). The first-order valence-corrected chi connectivity index (χ1v) is 10.3. The maximum atomic E-state index is 14.3. The van der Waals surface area contributed by atoms with Gasteiger partial charge in [0, 0.05) is 19.3 Å². The van der Waals surface area contributed by atoms with Crippen LogP contribution in [0.2, 0.25) is 0 Å². The Kier molecular flexibility index (Phi) is 5.55. The first-order valence-electron chi connectivity index (χ1n) is 8.37. The van der Waals surface area contributed by atoms with Crippen molar-refractivity contribution in [2.45, 2.75) is 6.92 Å². The quantitative estimate of drug-likeness (QED) is 0.532. The number of hydrogen-bond acceptors (Lipinski definition) is 8. The molecule has 154 valence electrons. The van der Waals surface area contributed by atoms with E-state index < -0.39 is 15.8 Å². The molecule has 2 heterocycles. The maximum Gasteiger partial charge on any atom is 0.229 e. The molecule has 3 aromatic rings. The largest absolute Gasteiger partial charge is 0.497 e. The second-order valence-electron chi connectivity index (χ2n) is 6.23. The van der Waals surface area contributed by atoms with Crippen molar-refractivity contribution in [3.8, 4) is 5.75 Å². The van der Waals surface area contributed by atoms with Crippen LogP contribution in [0.5, 0.6) is 5.75 Å². The number of benzene rings is 1. The topological polar surface area (TPSA) is 123 Å². The van der Waals surface area contributed by atoms with E-state index in [1.165, 1.54) is 13.2 Å². The van der Waals surface area contributed by atoms with Crippen molar-refractivity contribution in [3.05, 3.63) is 42.1 Å². The van der Waals surface area contributed by atoms with Crippen molar-refractivity contribution >= 4 is 38.9 Å². The summed E-state index contributed by atoms with van der Waals surface area (Å²) in [5.41, 5.74) is 1.87. The molecule has 0 spiro atoms. The van der Waals surface area contributed by atoms with Gasteiger partial charge in [-0.05, 0) is 19.1 Å². The third-order valence-corrected chi connectivity index (χ3v) is 4.37. The summed E-state index contributed by atoms with van der Waals surface area (Å²) in [4.78, 5) is 8.07. The minimum absolute atomic E-state index is 0.134. The van der Waals surface area contributed by atoms with Crippen LogP contribution < -0.4 is 20.1 Å². The van der Waals surface area contributed by atoms with E-state index in [1.54, 1.807) is 30.1 Å². The second kappa shape index (κ2) is 7.91. The van der Waals surface area contributed by atoms with Gasteiger partial charge in [0.05, 0.1) is 42.3 Å². The Morgan fingerprint density at radius 1 is 1.17 bits per heavy atom. The van der Waals surface area contributed by atoms with Crippen molar-refractivity contribution in [1.82, 2.24) is 19.7 Å². The van der Waals surface area contributed by atoms with Gasteiger partial charge in [0.25, 0.3) is 0 Å². The lowest BCUT2D eigenvalue weighted by atomic mass is 10.2.